The maximum atomic E-state index is 16.2. The first-order chi connectivity index (χ1) is 21.3. The van der Waals surface area contributed by atoms with E-state index in [4.69, 9.17) is 9.47 Å². The molecule has 0 radical (unpaired) electrons. The maximum absolute atomic E-state index is 16.2. The lowest BCUT2D eigenvalue weighted by atomic mass is 9.82. The van der Waals surface area contributed by atoms with Crippen molar-refractivity contribution in [3.63, 3.8) is 0 Å². The van der Waals surface area contributed by atoms with E-state index in [0.717, 1.165) is 48.1 Å². The monoisotopic (exact) mass is 602 g/mol. The summed E-state index contributed by atoms with van der Waals surface area (Å²) in [5.41, 5.74) is 4.70. The highest BCUT2D eigenvalue weighted by Gasteiger charge is 2.48. The lowest BCUT2D eigenvalue weighted by molar-refractivity contribution is -0.142. The first-order valence-corrected chi connectivity index (χ1v) is 16.1. The maximum Gasteiger partial charge on any atom is 0.306 e. The van der Waals surface area contributed by atoms with Crippen LogP contribution in [0.4, 0.5) is 8.78 Å². The van der Waals surface area contributed by atoms with Crippen LogP contribution in [-0.2, 0) is 17.8 Å². The zero-order valence-corrected chi connectivity index (χ0v) is 25.5. The summed E-state index contributed by atoms with van der Waals surface area (Å²) in [6.07, 6.45) is 10.0. The number of carboxylic acids is 1. The number of ether oxygens (including phenoxy) is 2. The molecule has 0 amide bonds. The number of carbonyl (C=O) groups is 1. The van der Waals surface area contributed by atoms with Crippen LogP contribution in [0.3, 0.4) is 0 Å². The fourth-order valence-corrected chi connectivity index (χ4v) is 7.72. The summed E-state index contributed by atoms with van der Waals surface area (Å²) in [6, 6.07) is 11.4. The minimum atomic E-state index is -0.907. The molecule has 0 bridgehead atoms. The molecule has 1 spiro atoms. The molecule has 6 nitrogen and oxygen atoms in total. The Bertz CT molecular complexity index is 1580. The van der Waals surface area contributed by atoms with Crippen LogP contribution < -0.4 is 9.47 Å². The Morgan fingerprint density at radius 1 is 1.11 bits per heavy atom. The third-order valence-corrected chi connectivity index (χ3v) is 10.6. The minimum absolute atomic E-state index is 0.180. The van der Waals surface area contributed by atoms with Gasteiger partial charge >= 0.3 is 5.97 Å². The van der Waals surface area contributed by atoms with Crippen molar-refractivity contribution in [2.45, 2.75) is 88.8 Å². The van der Waals surface area contributed by atoms with Crippen LogP contribution in [0.15, 0.2) is 42.6 Å². The fraction of sp³-hybridized carbons (Fsp3) is 0.500. The summed E-state index contributed by atoms with van der Waals surface area (Å²) < 4.78 is 43.2. The van der Waals surface area contributed by atoms with Crippen LogP contribution in [0.5, 0.6) is 11.6 Å². The molecule has 232 valence electrons. The average Bonchev–Trinajstić information content (AvgIpc) is 3.98. The van der Waals surface area contributed by atoms with Crippen LogP contribution in [0.25, 0.3) is 11.1 Å². The number of fused-ring (bicyclic) bond motifs is 1. The fourth-order valence-electron chi connectivity index (χ4n) is 7.72. The number of piperidine rings is 1. The van der Waals surface area contributed by atoms with Crippen LogP contribution in [0, 0.1) is 23.5 Å². The summed E-state index contributed by atoms with van der Waals surface area (Å²) in [4.78, 5) is 18.5. The second-order valence-electron chi connectivity index (χ2n) is 13.3. The van der Waals surface area contributed by atoms with Crippen molar-refractivity contribution in [2.24, 2.45) is 11.8 Å². The highest BCUT2D eigenvalue weighted by molar-refractivity contribution is 5.71. The largest absolute Gasteiger partial charge is 0.482 e. The molecule has 3 atom stereocenters. The van der Waals surface area contributed by atoms with E-state index in [-0.39, 0.29) is 29.2 Å². The van der Waals surface area contributed by atoms with Gasteiger partial charge in [-0.2, -0.15) is 0 Å². The molecule has 3 aromatic rings. The highest BCUT2D eigenvalue weighted by atomic mass is 19.1. The van der Waals surface area contributed by atoms with Crippen LogP contribution in [0.2, 0.25) is 0 Å². The highest BCUT2D eigenvalue weighted by Crippen LogP contribution is 2.51. The third kappa shape index (κ3) is 5.35. The normalized spacial score (nSPS) is 22.1. The van der Waals surface area contributed by atoms with Gasteiger partial charge in [0.1, 0.15) is 11.9 Å². The van der Waals surface area contributed by atoms with Gasteiger partial charge in [-0.3, -0.25) is 9.69 Å². The van der Waals surface area contributed by atoms with E-state index in [9.17, 15) is 9.90 Å². The van der Waals surface area contributed by atoms with Crippen LogP contribution >= 0.6 is 0 Å². The SMILES string of the molecule is COc1cc(-c2ccc(C3CCc4ccc([C@H](C5CC5)[C@H](C)C(=O)O)c(F)c4O3)cc2CN2CCCCC23CC3)c(F)cn1. The average molecular weight is 603 g/mol. The quantitative estimate of drug-likeness (QED) is 0.269. The Morgan fingerprint density at radius 3 is 2.66 bits per heavy atom. The summed E-state index contributed by atoms with van der Waals surface area (Å²) in [6.45, 7) is 3.39. The second kappa shape index (κ2) is 11.4. The topological polar surface area (TPSA) is 71.9 Å². The van der Waals surface area contributed by atoms with E-state index in [1.807, 2.05) is 18.2 Å². The summed E-state index contributed by atoms with van der Waals surface area (Å²) in [7, 11) is 1.52. The number of aromatic nitrogens is 1. The number of hydrogen-bond acceptors (Lipinski definition) is 5. The second-order valence-corrected chi connectivity index (χ2v) is 13.3. The molecule has 1 aromatic heterocycles. The first-order valence-electron chi connectivity index (χ1n) is 16.1. The van der Waals surface area contributed by atoms with Crippen molar-refractivity contribution >= 4 is 5.97 Å². The Kier molecular flexibility index (Phi) is 7.59. The number of hydrogen-bond donors (Lipinski definition) is 1. The standard InChI is InChI=1S/C36H40F2N2O4/c1-21(35(41)42)32(22-5-6-22)27-11-7-23-9-12-30(44-34(23)33(27)38)24-8-10-26(28-18-31(43-2)39-19-29(28)37)25(17-24)20-40-16-4-3-13-36(40)14-15-36/h7-8,10-11,17-19,21-22,30,32H,3-6,9,12-16,20H2,1-2H3,(H,41,42)/t21-,30?,32-/m0/s1. The van der Waals surface area contributed by atoms with Gasteiger partial charge in [0.05, 0.1) is 19.2 Å². The number of aliphatic carboxylic acids is 1. The zero-order valence-electron chi connectivity index (χ0n) is 25.5. The van der Waals surface area contributed by atoms with Crippen LogP contribution in [-0.4, -0.2) is 40.2 Å². The van der Waals surface area contributed by atoms with Gasteiger partial charge in [0, 0.05) is 29.6 Å². The van der Waals surface area contributed by atoms with Gasteiger partial charge in [0.2, 0.25) is 5.88 Å². The molecule has 2 aliphatic heterocycles. The van der Waals surface area contributed by atoms with Gasteiger partial charge in [0.15, 0.2) is 11.6 Å². The Labute approximate surface area is 257 Å². The predicted octanol–water partition coefficient (Wildman–Crippen LogP) is 7.83. The lowest BCUT2D eigenvalue weighted by Crippen LogP contribution is -2.40. The molecule has 1 unspecified atom stereocenters. The van der Waals surface area contributed by atoms with Gasteiger partial charge in [-0.05, 0) is 91.6 Å². The van der Waals surface area contributed by atoms with E-state index in [0.29, 0.717) is 36.4 Å². The molecule has 2 aliphatic carbocycles. The molecule has 1 N–H and O–H groups in total. The number of halogens is 2. The first kappa shape index (κ1) is 29.2. The molecular weight excluding hydrogens is 562 g/mol. The molecular formula is C36H40F2N2O4. The van der Waals surface area contributed by atoms with E-state index in [1.54, 1.807) is 19.1 Å². The molecule has 1 saturated heterocycles. The zero-order chi connectivity index (χ0) is 30.6. The number of carboxylic acid groups (broad SMARTS) is 1. The number of nitrogens with zero attached hydrogens (tertiary/aromatic N) is 2. The van der Waals surface area contributed by atoms with Crippen molar-refractivity contribution < 1.29 is 28.2 Å². The molecule has 7 rings (SSSR count). The Hall–Kier alpha value is -3.52. The van der Waals surface area contributed by atoms with Crippen molar-refractivity contribution in [3.8, 4) is 22.8 Å². The number of aryl methyl sites for hydroxylation is 1. The van der Waals surface area contributed by atoms with Crippen molar-refractivity contribution in [3.05, 3.63) is 76.5 Å². The van der Waals surface area contributed by atoms with Gasteiger partial charge in [-0.25, -0.2) is 13.8 Å². The van der Waals surface area contributed by atoms with Crippen molar-refractivity contribution in [1.29, 1.82) is 0 Å². The van der Waals surface area contributed by atoms with Gasteiger partial charge in [-0.1, -0.05) is 43.7 Å². The number of methoxy groups -OCH3 is 1. The van der Waals surface area contributed by atoms with Crippen molar-refractivity contribution in [2.75, 3.05) is 13.7 Å². The van der Waals surface area contributed by atoms with Gasteiger partial charge < -0.3 is 14.6 Å². The minimum Gasteiger partial charge on any atom is -0.482 e. The lowest BCUT2D eigenvalue weighted by Gasteiger charge is -2.37. The third-order valence-electron chi connectivity index (χ3n) is 10.6. The van der Waals surface area contributed by atoms with E-state index in [1.165, 1.54) is 39.0 Å². The van der Waals surface area contributed by atoms with Gasteiger partial charge in [0.25, 0.3) is 0 Å². The van der Waals surface area contributed by atoms with E-state index >= 15 is 8.78 Å². The smallest absolute Gasteiger partial charge is 0.306 e. The molecule has 2 saturated carbocycles. The van der Waals surface area contributed by atoms with Crippen molar-refractivity contribution in [1.82, 2.24) is 9.88 Å². The molecule has 2 aromatic carbocycles. The number of rotatable bonds is 9. The molecule has 4 aliphatic rings. The predicted molar refractivity (Wildman–Crippen MR) is 163 cm³/mol. The molecule has 3 fully saturated rings. The van der Waals surface area contributed by atoms with Gasteiger partial charge in [-0.15, -0.1) is 0 Å². The Morgan fingerprint density at radius 2 is 1.93 bits per heavy atom. The number of pyridine rings is 1. The number of benzene rings is 2. The Balaban J connectivity index is 1.24. The summed E-state index contributed by atoms with van der Waals surface area (Å²) in [5, 5.41) is 9.75. The number of likely N-dealkylation sites (tertiary alicyclic amines) is 1. The molecule has 3 heterocycles. The molecule has 8 heteroatoms. The summed E-state index contributed by atoms with van der Waals surface area (Å²) in [5.74, 6) is -2.02. The molecule has 44 heavy (non-hydrogen) atoms. The van der Waals surface area contributed by atoms with E-state index in [2.05, 4.69) is 16.0 Å². The van der Waals surface area contributed by atoms with E-state index < -0.39 is 23.5 Å². The van der Waals surface area contributed by atoms with Crippen LogP contribution in [0.1, 0.15) is 92.6 Å². The summed E-state index contributed by atoms with van der Waals surface area (Å²) >= 11 is 0.